The third-order valence-corrected chi connectivity index (χ3v) is 9.61. The van der Waals surface area contributed by atoms with E-state index in [-0.39, 0.29) is 57.0 Å². The number of alkyl halides is 3. The Morgan fingerprint density at radius 2 is 1.57 bits per heavy atom. The highest BCUT2D eigenvalue weighted by molar-refractivity contribution is 7.90. The van der Waals surface area contributed by atoms with Crippen molar-refractivity contribution in [2.24, 2.45) is 0 Å². The SMILES string of the molecule is Cc1nn(S(=O)(=O)c2ccccc2)c2cnc(-c3cc(OC[C@H](Cc4cccc(C(F)(F)F)c4)NC(=O)OC(C)(C)C)c(NC(=O)OC(C)(C)C)nc3Cl)cc12. The minimum Gasteiger partial charge on any atom is -0.488 e. The van der Waals surface area contributed by atoms with Gasteiger partial charge in [0.25, 0.3) is 10.0 Å². The molecule has 2 aromatic carbocycles. The Bertz CT molecular complexity index is 2360. The zero-order valence-corrected chi connectivity index (χ0v) is 33.1. The lowest BCUT2D eigenvalue weighted by Crippen LogP contribution is -2.43. The maximum absolute atomic E-state index is 13.6. The van der Waals surface area contributed by atoms with E-state index in [4.69, 9.17) is 25.8 Å². The van der Waals surface area contributed by atoms with Crippen LogP contribution >= 0.6 is 11.6 Å². The van der Waals surface area contributed by atoms with Gasteiger partial charge < -0.3 is 19.5 Å². The second kappa shape index (κ2) is 16.0. The Labute approximate surface area is 326 Å². The van der Waals surface area contributed by atoms with Gasteiger partial charge >= 0.3 is 18.4 Å². The lowest BCUT2D eigenvalue weighted by molar-refractivity contribution is -0.137. The summed E-state index contributed by atoms with van der Waals surface area (Å²) in [6, 6.07) is 14.5. The van der Waals surface area contributed by atoms with Gasteiger partial charge in [-0.3, -0.25) is 10.3 Å². The lowest BCUT2D eigenvalue weighted by atomic mass is 10.0. The largest absolute Gasteiger partial charge is 0.488 e. The van der Waals surface area contributed by atoms with Crippen molar-refractivity contribution in [3.05, 3.63) is 94.9 Å². The molecule has 56 heavy (non-hydrogen) atoms. The zero-order chi connectivity index (χ0) is 41.2. The van der Waals surface area contributed by atoms with Crippen LogP contribution in [0.1, 0.15) is 58.4 Å². The highest BCUT2D eigenvalue weighted by atomic mass is 35.5. The van der Waals surface area contributed by atoms with Crippen molar-refractivity contribution in [3.63, 3.8) is 0 Å². The molecule has 5 rings (SSSR count). The number of aryl methyl sites for hydroxylation is 1. The number of halogens is 4. The Balaban J connectivity index is 1.54. The van der Waals surface area contributed by atoms with Crippen molar-refractivity contribution in [1.29, 1.82) is 0 Å². The van der Waals surface area contributed by atoms with E-state index < -0.39 is 51.2 Å². The van der Waals surface area contributed by atoms with Gasteiger partial charge in [-0.25, -0.2) is 14.6 Å². The number of carbonyl (C=O) groups is 2. The number of fused-ring (bicyclic) bond motifs is 1. The first-order chi connectivity index (χ1) is 26.0. The zero-order valence-electron chi connectivity index (χ0n) is 31.5. The first-order valence-corrected chi connectivity index (χ1v) is 19.0. The number of alkyl carbamates (subject to hydrolysis) is 1. The van der Waals surface area contributed by atoms with Crippen LogP contribution in [0.4, 0.5) is 28.6 Å². The van der Waals surface area contributed by atoms with Crippen molar-refractivity contribution in [2.45, 2.75) is 83.2 Å². The third-order valence-electron chi connectivity index (χ3n) is 7.72. The van der Waals surface area contributed by atoms with Gasteiger partial charge in [0.15, 0.2) is 11.6 Å². The van der Waals surface area contributed by atoms with E-state index in [1.807, 2.05) is 0 Å². The molecule has 0 aliphatic heterocycles. The maximum Gasteiger partial charge on any atom is 0.416 e. The number of amides is 2. The summed E-state index contributed by atoms with van der Waals surface area (Å²) in [5.41, 5.74) is -1.40. The van der Waals surface area contributed by atoms with Crippen molar-refractivity contribution < 1.29 is 45.4 Å². The van der Waals surface area contributed by atoms with Crippen LogP contribution in [0.15, 0.2) is 77.8 Å². The highest BCUT2D eigenvalue weighted by Crippen LogP contribution is 2.36. The predicted molar refractivity (Wildman–Crippen MR) is 203 cm³/mol. The molecule has 0 aliphatic rings. The van der Waals surface area contributed by atoms with Gasteiger partial charge in [0.05, 0.1) is 34.1 Å². The van der Waals surface area contributed by atoms with Crippen LogP contribution in [-0.2, 0) is 32.1 Å². The van der Waals surface area contributed by atoms with E-state index >= 15 is 0 Å². The summed E-state index contributed by atoms with van der Waals surface area (Å²) in [7, 11) is -4.07. The number of nitrogens with one attached hydrogen (secondary N) is 2. The number of ether oxygens (including phenoxy) is 3. The van der Waals surface area contributed by atoms with Gasteiger partial charge in [-0.1, -0.05) is 48.0 Å². The Hall–Kier alpha value is -5.42. The number of rotatable bonds is 10. The number of nitrogens with zero attached hydrogens (tertiary/aromatic N) is 4. The van der Waals surface area contributed by atoms with Crippen LogP contribution in [0, 0.1) is 6.92 Å². The van der Waals surface area contributed by atoms with Crippen molar-refractivity contribution in [1.82, 2.24) is 24.5 Å². The molecule has 298 valence electrons. The van der Waals surface area contributed by atoms with Crippen LogP contribution < -0.4 is 15.4 Å². The van der Waals surface area contributed by atoms with Gasteiger partial charge in [-0.05, 0) is 90.8 Å². The molecule has 0 radical (unpaired) electrons. The summed E-state index contributed by atoms with van der Waals surface area (Å²) >= 11 is 6.67. The van der Waals surface area contributed by atoms with Crippen molar-refractivity contribution >= 4 is 50.5 Å². The minimum absolute atomic E-state index is 0.0307. The number of hydrogen-bond acceptors (Lipinski definition) is 10. The molecule has 3 heterocycles. The molecular weight excluding hydrogens is 777 g/mol. The number of anilines is 1. The number of carbonyl (C=O) groups excluding carboxylic acids is 2. The second-order valence-corrected chi connectivity index (χ2v) is 16.8. The second-order valence-electron chi connectivity index (χ2n) is 14.7. The van der Waals surface area contributed by atoms with E-state index in [0.29, 0.717) is 11.1 Å². The standard InChI is InChI=1S/C38H40ClF3N6O7S/c1-22-27-18-29(43-20-30(27)48(47-22)56(51,52)26-14-9-8-10-15-26)28-19-31(33(45-32(28)39)46-35(50)55-37(5,6)7)53-21-25(44-34(49)54-36(2,3)4)17-23-12-11-13-24(16-23)38(40,41)42/h8-16,18-20,25H,17,21H2,1-7H3,(H,44,49)(H,45,46,50)/t25-/m0/s1. The molecule has 5 aromatic rings. The van der Waals surface area contributed by atoms with Gasteiger partial charge in [-0.15, -0.1) is 0 Å². The summed E-state index contributed by atoms with van der Waals surface area (Å²) in [6.07, 6.45) is -5.13. The number of benzene rings is 2. The highest BCUT2D eigenvalue weighted by Gasteiger charge is 2.31. The van der Waals surface area contributed by atoms with Gasteiger partial charge in [0.2, 0.25) is 0 Å². The third kappa shape index (κ3) is 10.5. The molecule has 0 saturated carbocycles. The topological polar surface area (TPSA) is 164 Å². The first kappa shape index (κ1) is 41.7. The van der Waals surface area contributed by atoms with Gasteiger partial charge in [0.1, 0.15) is 28.5 Å². The molecule has 2 N–H and O–H groups in total. The van der Waals surface area contributed by atoms with Crippen LogP contribution in [0.5, 0.6) is 5.75 Å². The fraction of sp³-hybridized carbons (Fsp3) is 0.342. The molecule has 13 nitrogen and oxygen atoms in total. The number of aromatic nitrogens is 4. The molecule has 0 bridgehead atoms. The summed E-state index contributed by atoms with van der Waals surface area (Å²) in [5.74, 6) is -0.252. The van der Waals surface area contributed by atoms with E-state index in [1.165, 1.54) is 36.5 Å². The Morgan fingerprint density at radius 1 is 0.911 bits per heavy atom. The lowest BCUT2D eigenvalue weighted by Gasteiger charge is -2.25. The molecule has 1 atom stereocenters. The molecular formula is C38H40ClF3N6O7S. The molecule has 0 fully saturated rings. The summed E-state index contributed by atoms with van der Waals surface area (Å²) in [5, 5.41) is 9.75. The Morgan fingerprint density at radius 3 is 2.21 bits per heavy atom. The average Bonchev–Trinajstić information content (AvgIpc) is 3.42. The summed E-state index contributed by atoms with van der Waals surface area (Å²) in [6.45, 7) is 11.2. The molecule has 3 aromatic heterocycles. The van der Waals surface area contributed by atoms with Crippen LogP contribution in [0.2, 0.25) is 5.15 Å². The van der Waals surface area contributed by atoms with E-state index in [9.17, 15) is 31.2 Å². The van der Waals surface area contributed by atoms with Crippen molar-refractivity contribution in [3.8, 4) is 17.0 Å². The van der Waals surface area contributed by atoms with Crippen LogP contribution in [0.3, 0.4) is 0 Å². The quantitative estimate of drug-likeness (QED) is 0.131. The van der Waals surface area contributed by atoms with Crippen molar-refractivity contribution in [2.75, 3.05) is 11.9 Å². The molecule has 0 saturated heterocycles. The van der Waals surface area contributed by atoms with E-state index in [1.54, 1.807) is 72.7 Å². The molecule has 18 heteroatoms. The molecule has 2 amide bonds. The maximum atomic E-state index is 13.6. The normalized spacial score (nSPS) is 12.9. The number of hydrogen-bond donors (Lipinski definition) is 2. The summed E-state index contributed by atoms with van der Waals surface area (Å²) in [4.78, 5) is 34.6. The fourth-order valence-corrected chi connectivity index (χ4v) is 6.96. The van der Waals surface area contributed by atoms with E-state index in [2.05, 4.69) is 25.7 Å². The Kier molecular flexibility index (Phi) is 11.9. The monoisotopic (exact) mass is 816 g/mol. The first-order valence-electron chi connectivity index (χ1n) is 17.2. The van der Waals surface area contributed by atoms with Gasteiger partial charge in [-0.2, -0.15) is 30.8 Å². The number of pyridine rings is 2. The predicted octanol–water partition coefficient (Wildman–Crippen LogP) is 8.57. The minimum atomic E-state index is -4.60. The summed E-state index contributed by atoms with van der Waals surface area (Å²) < 4.78 is 85.4. The fourth-order valence-electron chi connectivity index (χ4n) is 5.38. The van der Waals surface area contributed by atoms with E-state index in [0.717, 1.165) is 16.2 Å². The molecule has 0 aliphatic carbocycles. The van der Waals surface area contributed by atoms with Crippen LogP contribution in [-0.4, -0.2) is 63.6 Å². The average molecular weight is 817 g/mol. The molecule has 0 unspecified atom stereocenters. The van der Waals surface area contributed by atoms with Crippen LogP contribution in [0.25, 0.3) is 22.2 Å². The van der Waals surface area contributed by atoms with Gasteiger partial charge in [0, 0.05) is 10.9 Å². The molecule has 0 spiro atoms. The smallest absolute Gasteiger partial charge is 0.416 e.